The maximum absolute atomic E-state index is 11.0. The second-order valence-electron chi connectivity index (χ2n) is 5.39. The fraction of sp³-hybridized carbons (Fsp3) is 0.500. The Morgan fingerprint density at radius 2 is 1.94 bits per heavy atom. The Kier molecular flexibility index (Phi) is 2.44. The molecule has 90 valence electrons. The van der Waals surface area contributed by atoms with Crippen molar-refractivity contribution in [3.05, 3.63) is 29.8 Å². The molecule has 2 aliphatic heterocycles. The first-order valence-corrected chi connectivity index (χ1v) is 6.08. The molecule has 2 fully saturated rings. The molecule has 2 heterocycles. The summed E-state index contributed by atoms with van der Waals surface area (Å²) in [5, 5.41) is 0. The molecule has 0 aromatic heterocycles. The highest BCUT2D eigenvalue weighted by Gasteiger charge is 2.48. The lowest BCUT2D eigenvalue weighted by atomic mass is 9.78. The topological polar surface area (TPSA) is 29.5 Å². The van der Waals surface area contributed by atoms with Crippen LogP contribution in [0.2, 0.25) is 0 Å². The molecule has 1 aromatic carbocycles. The van der Waals surface area contributed by atoms with Crippen LogP contribution in [0.1, 0.15) is 12.5 Å². The van der Waals surface area contributed by atoms with E-state index in [2.05, 4.69) is 29.2 Å². The maximum atomic E-state index is 11.0. The van der Waals surface area contributed by atoms with Crippen LogP contribution in [0.3, 0.4) is 0 Å². The van der Waals surface area contributed by atoms with Crippen LogP contribution in [-0.4, -0.2) is 32.1 Å². The predicted molar refractivity (Wildman–Crippen MR) is 66.3 cm³/mol. The van der Waals surface area contributed by atoms with Crippen LogP contribution < -0.4 is 4.90 Å². The Balaban J connectivity index is 1.63. The van der Waals surface area contributed by atoms with Gasteiger partial charge in [0.2, 0.25) is 0 Å². The SMILES string of the molecule is CC(=O)Cc1ccc(N2CC3(COC3)C2)cc1. The van der Waals surface area contributed by atoms with Crippen molar-refractivity contribution >= 4 is 11.5 Å². The lowest BCUT2D eigenvalue weighted by Crippen LogP contribution is -2.66. The van der Waals surface area contributed by atoms with E-state index in [1.54, 1.807) is 6.92 Å². The van der Waals surface area contributed by atoms with Gasteiger partial charge in [0, 0.05) is 25.2 Å². The second kappa shape index (κ2) is 3.84. The molecule has 3 heteroatoms. The van der Waals surface area contributed by atoms with E-state index in [0.717, 1.165) is 31.9 Å². The van der Waals surface area contributed by atoms with Crippen molar-refractivity contribution in [3.63, 3.8) is 0 Å². The van der Waals surface area contributed by atoms with Crippen molar-refractivity contribution in [2.75, 3.05) is 31.2 Å². The molecular weight excluding hydrogens is 214 g/mol. The summed E-state index contributed by atoms with van der Waals surface area (Å²) in [5.41, 5.74) is 2.82. The van der Waals surface area contributed by atoms with Gasteiger partial charge >= 0.3 is 0 Å². The third-order valence-corrected chi connectivity index (χ3v) is 3.62. The van der Waals surface area contributed by atoms with E-state index in [-0.39, 0.29) is 5.78 Å². The summed E-state index contributed by atoms with van der Waals surface area (Å²) in [6, 6.07) is 8.34. The Morgan fingerprint density at radius 3 is 2.41 bits per heavy atom. The molecule has 0 aliphatic carbocycles. The second-order valence-corrected chi connectivity index (χ2v) is 5.39. The van der Waals surface area contributed by atoms with E-state index in [4.69, 9.17) is 4.74 Å². The first-order chi connectivity index (χ1) is 8.17. The normalized spacial score (nSPS) is 20.9. The van der Waals surface area contributed by atoms with Crippen molar-refractivity contribution in [2.24, 2.45) is 5.41 Å². The zero-order valence-corrected chi connectivity index (χ0v) is 10.1. The molecule has 3 rings (SSSR count). The third-order valence-electron chi connectivity index (χ3n) is 3.62. The van der Waals surface area contributed by atoms with E-state index in [1.165, 1.54) is 5.69 Å². The molecule has 0 saturated carbocycles. The van der Waals surface area contributed by atoms with E-state index in [1.807, 2.05) is 0 Å². The molecule has 0 bridgehead atoms. The van der Waals surface area contributed by atoms with Crippen LogP contribution in [-0.2, 0) is 16.0 Å². The molecule has 3 nitrogen and oxygen atoms in total. The van der Waals surface area contributed by atoms with Gasteiger partial charge < -0.3 is 9.64 Å². The minimum Gasteiger partial charge on any atom is -0.380 e. The van der Waals surface area contributed by atoms with Crippen LogP contribution in [0, 0.1) is 5.41 Å². The molecule has 1 aromatic rings. The molecule has 2 saturated heterocycles. The van der Waals surface area contributed by atoms with Gasteiger partial charge in [0.15, 0.2) is 0 Å². The van der Waals surface area contributed by atoms with Gasteiger partial charge in [-0.3, -0.25) is 4.79 Å². The van der Waals surface area contributed by atoms with Crippen molar-refractivity contribution in [1.82, 2.24) is 0 Å². The zero-order valence-electron chi connectivity index (χ0n) is 10.1. The van der Waals surface area contributed by atoms with Crippen molar-refractivity contribution in [1.29, 1.82) is 0 Å². The Hall–Kier alpha value is -1.35. The number of benzene rings is 1. The quantitative estimate of drug-likeness (QED) is 0.792. The minimum absolute atomic E-state index is 0.215. The Bertz CT molecular complexity index is 426. The number of Topliss-reactive ketones (excluding diaryl/α,β-unsaturated/α-hetero) is 1. The fourth-order valence-corrected chi connectivity index (χ4v) is 2.63. The van der Waals surface area contributed by atoms with Gasteiger partial charge in [-0.15, -0.1) is 0 Å². The van der Waals surface area contributed by atoms with Gasteiger partial charge in [0.05, 0.1) is 18.6 Å². The summed E-state index contributed by atoms with van der Waals surface area (Å²) in [5.74, 6) is 0.215. The fourth-order valence-electron chi connectivity index (χ4n) is 2.63. The molecule has 2 aliphatic rings. The first-order valence-electron chi connectivity index (χ1n) is 6.08. The van der Waals surface area contributed by atoms with Crippen LogP contribution >= 0.6 is 0 Å². The van der Waals surface area contributed by atoms with Gasteiger partial charge in [0.25, 0.3) is 0 Å². The number of rotatable bonds is 3. The van der Waals surface area contributed by atoms with E-state index < -0.39 is 0 Å². The molecule has 0 radical (unpaired) electrons. The molecule has 0 amide bonds. The van der Waals surface area contributed by atoms with Crippen LogP contribution in [0.5, 0.6) is 0 Å². The smallest absolute Gasteiger partial charge is 0.134 e. The highest BCUT2D eigenvalue weighted by Crippen LogP contribution is 2.40. The number of carbonyl (C=O) groups excluding carboxylic acids is 1. The number of ether oxygens (including phenoxy) is 1. The predicted octanol–water partition coefficient (Wildman–Crippen LogP) is 1.65. The number of hydrogen-bond acceptors (Lipinski definition) is 3. The summed E-state index contributed by atoms with van der Waals surface area (Å²) in [6.07, 6.45) is 0.540. The first kappa shape index (κ1) is 10.8. The summed E-state index contributed by atoms with van der Waals surface area (Å²) < 4.78 is 5.26. The van der Waals surface area contributed by atoms with Gasteiger partial charge in [-0.2, -0.15) is 0 Å². The number of carbonyl (C=O) groups is 1. The highest BCUT2D eigenvalue weighted by molar-refractivity contribution is 5.78. The summed E-state index contributed by atoms with van der Waals surface area (Å²) in [7, 11) is 0. The summed E-state index contributed by atoms with van der Waals surface area (Å²) in [6.45, 7) is 5.69. The average molecular weight is 231 g/mol. The Morgan fingerprint density at radius 1 is 1.29 bits per heavy atom. The zero-order chi connectivity index (χ0) is 11.9. The molecule has 17 heavy (non-hydrogen) atoms. The van der Waals surface area contributed by atoms with Crippen molar-refractivity contribution in [3.8, 4) is 0 Å². The van der Waals surface area contributed by atoms with Crippen LogP contribution in [0.25, 0.3) is 0 Å². The summed E-state index contributed by atoms with van der Waals surface area (Å²) >= 11 is 0. The monoisotopic (exact) mass is 231 g/mol. The average Bonchev–Trinajstić information content (AvgIpc) is 2.15. The number of ketones is 1. The van der Waals surface area contributed by atoms with Crippen molar-refractivity contribution < 1.29 is 9.53 Å². The highest BCUT2D eigenvalue weighted by atomic mass is 16.5. The van der Waals surface area contributed by atoms with Gasteiger partial charge in [-0.1, -0.05) is 12.1 Å². The molecular formula is C14H17NO2. The number of anilines is 1. The minimum atomic E-state index is 0.215. The Labute approximate surface area is 101 Å². The van der Waals surface area contributed by atoms with Gasteiger partial charge in [-0.25, -0.2) is 0 Å². The maximum Gasteiger partial charge on any atom is 0.134 e. The van der Waals surface area contributed by atoms with Gasteiger partial charge in [-0.05, 0) is 24.6 Å². The molecule has 0 unspecified atom stereocenters. The van der Waals surface area contributed by atoms with Crippen LogP contribution in [0.15, 0.2) is 24.3 Å². The van der Waals surface area contributed by atoms with E-state index in [0.29, 0.717) is 11.8 Å². The number of hydrogen-bond donors (Lipinski definition) is 0. The van der Waals surface area contributed by atoms with E-state index >= 15 is 0 Å². The summed E-state index contributed by atoms with van der Waals surface area (Å²) in [4.78, 5) is 13.4. The molecule has 1 spiro atoms. The number of nitrogens with zero attached hydrogens (tertiary/aromatic N) is 1. The van der Waals surface area contributed by atoms with Crippen molar-refractivity contribution in [2.45, 2.75) is 13.3 Å². The standard InChI is InChI=1S/C14H17NO2/c1-11(16)6-12-2-4-13(5-3-12)15-7-14(8-15)9-17-10-14/h2-5H,6-10H2,1H3. The van der Waals surface area contributed by atoms with Crippen LogP contribution in [0.4, 0.5) is 5.69 Å². The lowest BCUT2D eigenvalue weighted by molar-refractivity contribution is -0.127. The molecule has 0 N–H and O–H groups in total. The largest absolute Gasteiger partial charge is 0.380 e. The molecule has 0 atom stereocenters. The lowest BCUT2D eigenvalue weighted by Gasteiger charge is -2.56. The third kappa shape index (κ3) is 1.95. The van der Waals surface area contributed by atoms with E-state index in [9.17, 15) is 4.79 Å². The van der Waals surface area contributed by atoms with Gasteiger partial charge in [0.1, 0.15) is 5.78 Å².